The van der Waals surface area contributed by atoms with Gasteiger partial charge < -0.3 is 9.47 Å². The van der Waals surface area contributed by atoms with E-state index in [-0.39, 0.29) is 0 Å². The van der Waals surface area contributed by atoms with Gasteiger partial charge in [0.05, 0.1) is 14.2 Å². The molecule has 0 spiro atoms. The average molecular weight is 172 g/mol. The molecule has 0 N–H and O–H groups in total. The lowest BCUT2D eigenvalue weighted by atomic mass is 10.3. The second-order valence-electron chi connectivity index (χ2n) is 1.71. The molecule has 0 aromatic heterocycles. The Balaban J connectivity index is 4.09. The predicted octanol–water partition coefficient (Wildman–Crippen LogP) is -0.542. The zero-order valence-electron chi connectivity index (χ0n) is 6.70. The number of esters is 2. The number of rotatable bonds is 3. The number of hydrogen-bond donors (Lipinski definition) is 0. The first-order valence-electron chi connectivity index (χ1n) is 3.00. The molecule has 0 fully saturated rings. The number of methoxy groups -OCH3 is 2. The summed E-state index contributed by atoms with van der Waals surface area (Å²) in [7, 11) is 2.24. The molecular formula is C7H8O5. The molecule has 0 unspecified atom stereocenters. The molecule has 0 aromatic rings. The highest BCUT2D eigenvalue weighted by Crippen LogP contribution is 1.83. The van der Waals surface area contributed by atoms with Crippen LogP contribution in [0, 0.1) is 0 Å². The van der Waals surface area contributed by atoms with Crippen molar-refractivity contribution >= 4 is 17.7 Å². The Morgan fingerprint density at radius 2 is 1.58 bits per heavy atom. The maximum Gasteiger partial charge on any atom is 0.378 e. The van der Waals surface area contributed by atoms with E-state index in [9.17, 15) is 14.4 Å². The minimum Gasteiger partial charge on any atom is -0.466 e. The van der Waals surface area contributed by atoms with Crippen LogP contribution in [-0.4, -0.2) is 31.9 Å². The van der Waals surface area contributed by atoms with Crippen molar-refractivity contribution in [1.29, 1.82) is 0 Å². The largest absolute Gasteiger partial charge is 0.466 e. The molecule has 0 aromatic carbocycles. The van der Waals surface area contributed by atoms with Gasteiger partial charge in [-0.15, -0.1) is 0 Å². The van der Waals surface area contributed by atoms with Gasteiger partial charge in [-0.25, -0.2) is 9.59 Å². The van der Waals surface area contributed by atoms with Gasteiger partial charge in [0.15, 0.2) is 0 Å². The Bertz CT molecular complexity index is 228. The third kappa shape index (κ3) is 3.50. The molecule has 0 saturated heterocycles. The summed E-state index contributed by atoms with van der Waals surface area (Å²) in [6.07, 6.45) is 1.64. The Kier molecular flexibility index (Phi) is 4.36. The third-order valence-electron chi connectivity index (χ3n) is 0.959. The topological polar surface area (TPSA) is 69.7 Å². The van der Waals surface area contributed by atoms with Crippen molar-refractivity contribution in [3.63, 3.8) is 0 Å². The zero-order valence-corrected chi connectivity index (χ0v) is 6.70. The number of carbonyl (C=O) groups is 3. The maximum absolute atomic E-state index is 10.6. The first-order chi connectivity index (χ1) is 5.61. The van der Waals surface area contributed by atoms with Gasteiger partial charge in [0.25, 0.3) is 5.78 Å². The van der Waals surface area contributed by atoms with E-state index in [1.807, 2.05) is 0 Å². The van der Waals surface area contributed by atoms with Crippen LogP contribution in [-0.2, 0) is 23.9 Å². The first kappa shape index (κ1) is 10.3. The molecule has 0 rings (SSSR count). The lowest BCUT2D eigenvalue weighted by Gasteiger charge is -1.91. The van der Waals surface area contributed by atoms with E-state index < -0.39 is 17.7 Å². The fourth-order valence-corrected chi connectivity index (χ4v) is 0.380. The van der Waals surface area contributed by atoms with Crippen molar-refractivity contribution in [1.82, 2.24) is 0 Å². The summed E-state index contributed by atoms with van der Waals surface area (Å²) in [5, 5.41) is 0. The van der Waals surface area contributed by atoms with Gasteiger partial charge in [-0.1, -0.05) is 0 Å². The van der Waals surface area contributed by atoms with Gasteiger partial charge in [-0.2, -0.15) is 0 Å². The lowest BCUT2D eigenvalue weighted by molar-refractivity contribution is -0.149. The van der Waals surface area contributed by atoms with E-state index in [0.717, 1.165) is 26.4 Å². The molecule has 0 aliphatic heterocycles. The number of ether oxygens (including phenoxy) is 2. The van der Waals surface area contributed by atoms with Crippen molar-refractivity contribution in [3.05, 3.63) is 12.2 Å². The molecule has 0 atom stereocenters. The number of hydrogen-bond acceptors (Lipinski definition) is 5. The molecule has 0 amide bonds. The smallest absolute Gasteiger partial charge is 0.378 e. The van der Waals surface area contributed by atoms with Gasteiger partial charge in [-0.05, 0) is 0 Å². The lowest BCUT2D eigenvalue weighted by Crippen LogP contribution is -2.12. The van der Waals surface area contributed by atoms with Crippen LogP contribution < -0.4 is 0 Å². The predicted molar refractivity (Wildman–Crippen MR) is 38.2 cm³/mol. The van der Waals surface area contributed by atoms with E-state index in [1.54, 1.807) is 0 Å². The van der Waals surface area contributed by atoms with Gasteiger partial charge >= 0.3 is 11.9 Å². The van der Waals surface area contributed by atoms with Crippen LogP contribution in [0.25, 0.3) is 0 Å². The Hall–Kier alpha value is -1.65. The van der Waals surface area contributed by atoms with E-state index in [0.29, 0.717) is 0 Å². The van der Waals surface area contributed by atoms with Crippen LogP contribution in [0.3, 0.4) is 0 Å². The molecule has 66 valence electrons. The van der Waals surface area contributed by atoms with Crippen LogP contribution in [0.1, 0.15) is 0 Å². The van der Waals surface area contributed by atoms with Crippen molar-refractivity contribution in [2.75, 3.05) is 14.2 Å². The Morgan fingerprint density at radius 3 is 2.00 bits per heavy atom. The van der Waals surface area contributed by atoms with E-state index in [4.69, 9.17) is 0 Å². The number of carbonyl (C=O) groups excluding carboxylic acids is 3. The summed E-state index contributed by atoms with van der Waals surface area (Å²) in [5.41, 5.74) is 0. The molecule has 5 heteroatoms. The van der Waals surface area contributed by atoms with Gasteiger partial charge in [0.1, 0.15) is 0 Å². The minimum absolute atomic E-state index is 0.702. The van der Waals surface area contributed by atoms with Crippen molar-refractivity contribution in [2.24, 2.45) is 0 Å². The van der Waals surface area contributed by atoms with E-state index in [2.05, 4.69) is 9.47 Å². The number of ketones is 1. The zero-order chi connectivity index (χ0) is 9.56. The molecule has 0 bridgehead atoms. The van der Waals surface area contributed by atoms with Crippen LogP contribution in [0.5, 0.6) is 0 Å². The van der Waals surface area contributed by atoms with Crippen molar-refractivity contribution < 1.29 is 23.9 Å². The molecule has 0 radical (unpaired) electrons. The van der Waals surface area contributed by atoms with Crippen LogP contribution in [0.15, 0.2) is 12.2 Å². The highest BCUT2D eigenvalue weighted by atomic mass is 16.5. The Labute approximate surface area is 69.0 Å². The normalized spacial score (nSPS) is 9.50. The van der Waals surface area contributed by atoms with Crippen molar-refractivity contribution in [3.8, 4) is 0 Å². The average Bonchev–Trinajstić information content (AvgIpc) is 2.11. The molecule has 0 aliphatic carbocycles. The molecule has 0 heterocycles. The molecule has 5 nitrogen and oxygen atoms in total. The highest BCUT2D eigenvalue weighted by Gasteiger charge is 2.09. The summed E-state index contributed by atoms with van der Waals surface area (Å²) in [4.78, 5) is 31.5. The summed E-state index contributed by atoms with van der Waals surface area (Å²) >= 11 is 0. The minimum atomic E-state index is -1.02. The second-order valence-corrected chi connectivity index (χ2v) is 1.71. The molecule has 0 saturated carbocycles. The maximum atomic E-state index is 10.6. The monoisotopic (exact) mass is 172 g/mol. The van der Waals surface area contributed by atoms with Gasteiger partial charge in [0, 0.05) is 12.2 Å². The summed E-state index contributed by atoms with van der Waals surface area (Å²) < 4.78 is 8.27. The fourth-order valence-electron chi connectivity index (χ4n) is 0.380. The SMILES string of the molecule is COC(=O)C=CC(=O)C(=O)OC. The standard InChI is InChI=1S/C7H8O5/c1-11-6(9)4-3-5(8)7(10)12-2/h3-4H,1-2H3. The van der Waals surface area contributed by atoms with Crippen molar-refractivity contribution in [2.45, 2.75) is 0 Å². The quantitative estimate of drug-likeness (QED) is 0.325. The summed E-state index contributed by atoms with van der Waals surface area (Å²) in [6, 6.07) is 0. The van der Waals surface area contributed by atoms with E-state index in [1.165, 1.54) is 0 Å². The van der Waals surface area contributed by atoms with Crippen LogP contribution in [0.2, 0.25) is 0 Å². The highest BCUT2D eigenvalue weighted by molar-refractivity contribution is 6.38. The Morgan fingerprint density at radius 1 is 1.00 bits per heavy atom. The molecule has 0 aliphatic rings. The summed E-state index contributed by atoms with van der Waals surface area (Å²) in [5.74, 6) is -2.62. The fraction of sp³-hybridized carbons (Fsp3) is 0.286. The second kappa shape index (κ2) is 5.06. The van der Waals surface area contributed by atoms with Crippen LogP contribution in [0.4, 0.5) is 0 Å². The molecule has 12 heavy (non-hydrogen) atoms. The van der Waals surface area contributed by atoms with Gasteiger partial charge in [0.2, 0.25) is 0 Å². The van der Waals surface area contributed by atoms with E-state index >= 15 is 0 Å². The molecular weight excluding hydrogens is 164 g/mol. The van der Waals surface area contributed by atoms with Gasteiger partial charge in [-0.3, -0.25) is 4.79 Å². The first-order valence-corrected chi connectivity index (χ1v) is 3.00. The third-order valence-corrected chi connectivity index (χ3v) is 0.959. The summed E-state index contributed by atoms with van der Waals surface area (Å²) in [6.45, 7) is 0. The van der Waals surface area contributed by atoms with Crippen LogP contribution >= 0.6 is 0 Å².